The summed E-state index contributed by atoms with van der Waals surface area (Å²) in [5.74, 6) is -1.05. The van der Waals surface area contributed by atoms with Gasteiger partial charge < -0.3 is 19.8 Å². The van der Waals surface area contributed by atoms with Gasteiger partial charge in [-0.25, -0.2) is 4.79 Å². The highest BCUT2D eigenvalue weighted by atomic mass is 16.8. The van der Waals surface area contributed by atoms with Crippen LogP contribution >= 0.6 is 0 Å². The van der Waals surface area contributed by atoms with Gasteiger partial charge >= 0.3 is 12.1 Å². The van der Waals surface area contributed by atoms with Crippen LogP contribution in [0.3, 0.4) is 0 Å². The molecule has 0 fully saturated rings. The summed E-state index contributed by atoms with van der Waals surface area (Å²) >= 11 is 0. The molecular formula is C28H29NO6. The summed E-state index contributed by atoms with van der Waals surface area (Å²) in [7, 11) is 0. The number of benzene rings is 3. The molecule has 0 saturated heterocycles. The second kappa shape index (κ2) is 9.80. The Kier molecular flexibility index (Phi) is 6.80. The van der Waals surface area contributed by atoms with E-state index in [4.69, 9.17) is 9.57 Å². The summed E-state index contributed by atoms with van der Waals surface area (Å²) < 4.78 is 5.44. The van der Waals surface area contributed by atoms with Crippen molar-refractivity contribution in [2.45, 2.75) is 51.8 Å². The smallest absolute Gasteiger partial charge is 0.508 e. The minimum Gasteiger partial charge on any atom is -0.508 e. The van der Waals surface area contributed by atoms with Crippen molar-refractivity contribution in [1.82, 2.24) is 5.06 Å². The lowest BCUT2D eigenvalue weighted by molar-refractivity contribution is -0.212. The van der Waals surface area contributed by atoms with Crippen LogP contribution in [0.4, 0.5) is 4.79 Å². The summed E-state index contributed by atoms with van der Waals surface area (Å²) in [5, 5.41) is 20.6. The fraction of sp³-hybridized carbons (Fsp3) is 0.286. The molecule has 0 spiro atoms. The van der Waals surface area contributed by atoms with Gasteiger partial charge in [-0.1, -0.05) is 54.6 Å². The number of ether oxygens (including phenoxy) is 1. The molecule has 35 heavy (non-hydrogen) atoms. The Labute approximate surface area is 204 Å². The lowest BCUT2D eigenvalue weighted by Crippen LogP contribution is -2.53. The predicted molar refractivity (Wildman–Crippen MR) is 131 cm³/mol. The maximum atomic E-state index is 12.7. The molecule has 0 heterocycles. The van der Waals surface area contributed by atoms with Crippen molar-refractivity contribution in [3.05, 3.63) is 89.0 Å². The van der Waals surface area contributed by atoms with Crippen molar-refractivity contribution in [2.24, 2.45) is 0 Å². The molecular weight excluding hydrogens is 446 g/mol. The van der Waals surface area contributed by atoms with E-state index < -0.39 is 23.7 Å². The first-order chi connectivity index (χ1) is 16.6. The number of phenolic OH excluding ortho intramolecular Hbond substituents is 1. The second-order valence-electron chi connectivity index (χ2n) is 9.63. The Morgan fingerprint density at radius 2 is 1.66 bits per heavy atom. The van der Waals surface area contributed by atoms with Crippen LogP contribution in [-0.2, 0) is 33.8 Å². The predicted octanol–water partition coefficient (Wildman–Crippen LogP) is 5.33. The summed E-state index contributed by atoms with van der Waals surface area (Å²) in [4.78, 5) is 30.3. The fourth-order valence-corrected chi connectivity index (χ4v) is 4.40. The summed E-state index contributed by atoms with van der Waals surface area (Å²) in [6.45, 7) is 5.29. The van der Waals surface area contributed by atoms with Gasteiger partial charge in [0.15, 0.2) is 0 Å². The molecule has 0 saturated carbocycles. The van der Waals surface area contributed by atoms with Crippen LogP contribution in [-0.4, -0.2) is 39.0 Å². The van der Waals surface area contributed by atoms with Gasteiger partial charge in [0.2, 0.25) is 0 Å². The standard InChI is InChI=1S/C28H29NO6/c1-28(2,3)29(25(26(31)32)15-18-11-13-21(30)14-12-18)35-27(33)34-17-20-8-6-10-23-22-9-5-4-7-19(22)16-24(20)23/h4-14,25,30H,15-17H2,1-3H3,(H,31,32). The van der Waals surface area contributed by atoms with Crippen LogP contribution in [0.2, 0.25) is 0 Å². The molecule has 3 aromatic carbocycles. The summed E-state index contributed by atoms with van der Waals surface area (Å²) in [6.07, 6.45) is -0.128. The molecule has 1 unspecified atom stereocenters. The van der Waals surface area contributed by atoms with E-state index in [0.29, 0.717) is 5.56 Å². The van der Waals surface area contributed by atoms with Crippen LogP contribution in [0.1, 0.15) is 43.0 Å². The van der Waals surface area contributed by atoms with E-state index in [-0.39, 0.29) is 18.8 Å². The Morgan fingerprint density at radius 3 is 2.34 bits per heavy atom. The highest BCUT2D eigenvalue weighted by Gasteiger charge is 2.38. The van der Waals surface area contributed by atoms with E-state index >= 15 is 0 Å². The molecule has 0 radical (unpaired) electrons. The average molecular weight is 476 g/mol. The number of phenols is 1. The van der Waals surface area contributed by atoms with Gasteiger partial charge in [0.05, 0.1) is 0 Å². The normalized spacial score (nSPS) is 13.1. The number of aromatic hydroxyl groups is 1. The number of carboxylic acids is 1. The van der Waals surface area contributed by atoms with Gasteiger partial charge in [0.1, 0.15) is 18.4 Å². The number of carboxylic acid groups (broad SMARTS) is 1. The molecule has 1 atom stereocenters. The first-order valence-electron chi connectivity index (χ1n) is 11.5. The van der Waals surface area contributed by atoms with Crippen molar-refractivity contribution < 1.29 is 29.4 Å². The average Bonchev–Trinajstić information content (AvgIpc) is 3.19. The molecule has 182 valence electrons. The van der Waals surface area contributed by atoms with Crippen LogP contribution < -0.4 is 0 Å². The van der Waals surface area contributed by atoms with Crippen LogP contribution in [0.15, 0.2) is 66.7 Å². The fourth-order valence-electron chi connectivity index (χ4n) is 4.40. The molecule has 0 aromatic heterocycles. The van der Waals surface area contributed by atoms with Gasteiger partial charge in [0, 0.05) is 12.0 Å². The summed E-state index contributed by atoms with van der Waals surface area (Å²) in [6, 6.07) is 19.2. The van der Waals surface area contributed by atoms with E-state index in [1.807, 2.05) is 24.3 Å². The zero-order valence-electron chi connectivity index (χ0n) is 20.0. The monoisotopic (exact) mass is 475 g/mol. The number of nitrogens with zero attached hydrogens (tertiary/aromatic N) is 1. The first kappa shape index (κ1) is 24.3. The van der Waals surface area contributed by atoms with Crippen molar-refractivity contribution >= 4 is 12.1 Å². The number of carbonyl (C=O) groups excluding carboxylic acids is 1. The van der Waals surface area contributed by atoms with Crippen molar-refractivity contribution in [1.29, 1.82) is 0 Å². The largest absolute Gasteiger partial charge is 0.528 e. The maximum absolute atomic E-state index is 12.7. The SMILES string of the molecule is CC(C)(C)N(OC(=O)OCc1cccc2c1Cc1ccccc1-2)C(Cc1ccc(O)cc1)C(=O)O. The third-order valence-corrected chi connectivity index (χ3v) is 6.06. The number of fused-ring (bicyclic) bond motifs is 3. The number of hydroxylamine groups is 2. The third kappa shape index (κ3) is 5.46. The van der Waals surface area contributed by atoms with Crippen LogP contribution in [0, 0.1) is 0 Å². The number of rotatable bonds is 7. The van der Waals surface area contributed by atoms with Gasteiger partial charge in [-0.05, 0) is 72.7 Å². The Morgan fingerprint density at radius 1 is 0.971 bits per heavy atom. The molecule has 3 aromatic rings. The van der Waals surface area contributed by atoms with E-state index in [1.54, 1.807) is 32.9 Å². The van der Waals surface area contributed by atoms with Crippen molar-refractivity contribution in [3.63, 3.8) is 0 Å². The van der Waals surface area contributed by atoms with E-state index in [1.165, 1.54) is 23.3 Å². The molecule has 4 rings (SSSR count). The molecule has 1 aliphatic rings. The molecule has 2 N–H and O–H groups in total. The van der Waals surface area contributed by atoms with Gasteiger partial charge in [0.25, 0.3) is 0 Å². The van der Waals surface area contributed by atoms with Gasteiger partial charge in [-0.3, -0.25) is 4.79 Å². The minimum atomic E-state index is -1.15. The first-order valence-corrected chi connectivity index (χ1v) is 11.5. The molecule has 7 heteroatoms. The highest BCUT2D eigenvalue weighted by molar-refractivity contribution is 5.78. The Hall–Kier alpha value is -3.84. The van der Waals surface area contributed by atoms with Gasteiger partial charge in [-0.2, -0.15) is 0 Å². The Bertz CT molecular complexity index is 1230. The molecule has 0 aliphatic heterocycles. The summed E-state index contributed by atoms with van der Waals surface area (Å²) in [5.41, 5.74) is 5.42. The van der Waals surface area contributed by atoms with Crippen molar-refractivity contribution in [3.8, 4) is 16.9 Å². The topological polar surface area (TPSA) is 96.3 Å². The quantitative estimate of drug-likeness (QED) is 0.276. The second-order valence-corrected chi connectivity index (χ2v) is 9.63. The third-order valence-electron chi connectivity index (χ3n) is 6.06. The zero-order valence-corrected chi connectivity index (χ0v) is 20.0. The maximum Gasteiger partial charge on any atom is 0.528 e. The van der Waals surface area contributed by atoms with E-state index in [9.17, 15) is 19.8 Å². The molecule has 7 nitrogen and oxygen atoms in total. The van der Waals surface area contributed by atoms with Crippen LogP contribution in [0.5, 0.6) is 5.75 Å². The highest BCUT2D eigenvalue weighted by Crippen LogP contribution is 2.38. The zero-order chi connectivity index (χ0) is 25.2. The molecule has 0 amide bonds. The van der Waals surface area contributed by atoms with E-state index in [0.717, 1.165) is 28.2 Å². The lowest BCUT2D eigenvalue weighted by atomic mass is 10.0. The molecule has 0 bridgehead atoms. The Balaban J connectivity index is 1.47. The number of aliphatic carboxylic acids is 1. The number of hydrogen-bond acceptors (Lipinski definition) is 6. The lowest BCUT2D eigenvalue weighted by Gasteiger charge is -2.37. The van der Waals surface area contributed by atoms with Gasteiger partial charge in [-0.15, -0.1) is 5.06 Å². The van der Waals surface area contributed by atoms with Crippen molar-refractivity contribution in [2.75, 3.05) is 0 Å². The van der Waals surface area contributed by atoms with Crippen LogP contribution in [0.25, 0.3) is 11.1 Å². The number of carbonyl (C=O) groups is 2. The molecule has 1 aliphatic carbocycles. The van der Waals surface area contributed by atoms with E-state index in [2.05, 4.69) is 18.2 Å². The minimum absolute atomic E-state index is 0.0175. The number of hydrogen-bond donors (Lipinski definition) is 2.